The summed E-state index contributed by atoms with van der Waals surface area (Å²) >= 11 is 0.561. The molecule has 0 aliphatic heterocycles. The molecular weight excluding hydrogens is 301 g/mol. The number of halogens is 3. The molecule has 0 radical (unpaired) electrons. The highest BCUT2D eigenvalue weighted by atomic mass is 32.2. The Morgan fingerprint density at radius 1 is 1.19 bits per heavy atom. The van der Waals surface area contributed by atoms with Crippen LogP contribution in [0.15, 0.2) is 34.2 Å². The third-order valence-corrected chi connectivity index (χ3v) is 4.15. The number of hydrogen-bond acceptors (Lipinski definition) is 3. The van der Waals surface area contributed by atoms with Crippen LogP contribution in [0, 0.1) is 0 Å². The van der Waals surface area contributed by atoms with Gasteiger partial charge in [-0.1, -0.05) is 23.9 Å². The summed E-state index contributed by atoms with van der Waals surface area (Å²) in [4.78, 5) is 16.7. The van der Waals surface area contributed by atoms with Gasteiger partial charge in [-0.3, -0.25) is 9.36 Å². The number of rotatable bonds is 3. The van der Waals surface area contributed by atoms with Crippen LogP contribution in [0.1, 0.15) is 26.8 Å². The predicted octanol–water partition coefficient (Wildman–Crippen LogP) is 4.02. The zero-order valence-corrected chi connectivity index (χ0v) is 12.6. The zero-order valence-electron chi connectivity index (χ0n) is 11.8. The van der Waals surface area contributed by atoms with E-state index >= 15 is 0 Å². The fourth-order valence-electron chi connectivity index (χ4n) is 1.89. The highest BCUT2D eigenvalue weighted by molar-refractivity contribution is 7.99. The molecule has 0 amide bonds. The molecular formula is C14H15F3N2OS. The van der Waals surface area contributed by atoms with Crippen LogP contribution in [0.25, 0.3) is 10.9 Å². The average Bonchev–Trinajstić information content (AvgIpc) is 2.37. The van der Waals surface area contributed by atoms with Crippen LogP contribution in [-0.4, -0.2) is 21.0 Å². The number of benzene rings is 1. The van der Waals surface area contributed by atoms with Crippen LogP contribution in [-0.2, 0) is 0 Å². The van der Waals surface area contributed by atoms with Crippen LogP contribution in [0.2, 0.25) is 0 Å². The summed E-state index contributed by atoms with van der Waals surface area (Å²) in [6, 6.07) is 6.41. The minimum Gasteiger partial charge on any atom is -0.285 e. The second-order valence-electron chi connectivity index (χ2n) is 4.98. The van der Waals surface area contributed by atoms with Gasteiger partial charge in [0.2, 0.25) is 0 Å². The summed E-state index contributed by atoms with van der Waals surface area (Å²) in [6.45, 7) is 4.57. The minimum atomic E-state index is -4.34. The van der Waals surface area contributed by atoms with Crippen molar-refractivity contribution in [3.05, 3.63) is 34.6 Å². The van der Waals surface area contributed by atoms with E-state index in [1.54, 1.807) is 38.1 Å². The Kier molecular flexibility index (Phi) is 4.32. The van der Waals surface area contributed by atoms with Crippen molar-refractivity contribution in [1.82, 2.24) is 9.55 Å². The molecule has 0 aliphatic rings. The number of thioether (sulfide) groups is 1. The van der Waals surface area contributed by atoms with Crippen LogP contribution in [0.3, 0.4) is 0 Å². The van der Waals surface area contributed by atoms with Gasteiger partial charge in [-0.05, 0) is 32.9 Å². The fraction of sp³-hybridized carbons (Fsp3) is 0.429. The largest absolute Gasteiger partial charge is 0.400 e. The first-order valence-electron chi connectivity index (χ1n) is 6.46. The summed E-state index contributed by atoms with van der Waals surface area (Å²) in [5.74, 6) is 0. The molecule has 1 heterocycles. The van der Waals surface area contributed by atoms with E-state index in [1.807, 2.05) is 0 Å². The highest BCUT2D eigenvalue weighted by Crippen LogP contribution is 2.34. The molecule has 1 unspecified atom stereocenters. The normalized spacial score (nSPS) is 13.9. The fourth-order valence-corrected chi connectivity index (χ4v) is 2.90. The molecule has 0 saturated heterocycles. The number of alkyl halides is 3. The van der Waals surface area contributed by atoms with Crippen molar-refractivity contribution >= 4 is 22.7 Å². The molecule has 114 valence electrons. The van der Waals surface area contributed by atoms with E-state index in [0.29, 0.717) is 22.7 Å². The Labute approximate surface area is 124 Å². The van der Waals surface area contributed by atoms with Crippen molar-refractivity contribution in [3.8, 4) is 0 Å². The molecule has 1 aromatic carbocycles. The van der Waals surface area contributed by atoms with E-state index in [-0.39, 0.29) is 16.8 Å². The monoisotopic (exact) mass is 316 g/mol. The molecule has 1 aromatic heterocycles. The standard InChI is InChI=1S/C14H15F3N2OS/c1-8(2)19-12(20)10-6-4-5-7-11(10)18-13(19)21-9(3)14(15,16)17/h4-9H,1-3H3. The van der Waals surface area contributed by atoms with E-state index < -0.39 is 11.4 Å². The van der Waals surface area contributed by atoms with Crippen molar-refractivity contribution in [1.29, 1.82) is 0 Å². The lowest BCUT2D eigenvalue weighted by Gasteiger charge is -2.20. The Hall–Kier alpha value is -1.50. The van der Waals surface area contributed by atoms with Crippen molar-refractivity contribution in [2.75, 3.05) is 0 Å². The topological polar surface area (TPSA) is 34.9 Å². The first-order valence-corrected chi connectivity index (χ1v) is 7.34. The van der Waals surface area contributed by atoms with Gasteiger partial charge in [0.1, 0.15) is 5.25 Å². The summed E-state index contributed by atoms with van der Waals surface area (Å²) < 4.78 is 39.6. The smallest absolute Gasteiger partial charge is 0.285 e. The van der Waals surface area contributed by atoms with Gasteiger partial charge in [0.25, 0.3) is 5.56 Å². The number of fused-ring (bicyclic) bond motifs is 1. The number of para-hydroxylation sites is 1. The van der Waals surface area contributed by atoms with Gasteiger partial charge >= 0.3 is 6.18 Å². The lowest BCUT2D eigenvalue weighted by atomic mass is 10.2. The number of hydrogen-bond donors (Lipinski definition) is 0. The maximum absolute atomic E-state index is 12.7. The van der Waals surface area contributed by atoms with Gasteiger partial charge < -0.3 is 0 Å². The van der Waals surface area contributed by atoms with Crippen molar-refractivity contribution in [2.45, 2.75) is 43.4 Å². The quantitative estimate of drug-likeness (QED) is 0.633. The molecule has 0 aliphatic carbocycles. The third kappa shape index (κ3) is 3.23. The van der Waals surface area contributed by atoms with E-state index in [9.17, 15) is 18.0 Å². The molecule has 1 atom stereocenters. The van der Waals surface area contributed by atoms with Gasteiger partial charge in [-0.15, -0.1) is 0 Å². The number of nitrogens with zero attached hydrogens (tertiary/aromatic N) is 2. The van der Waals surface area contributed by atoms with Crippen molar-refractivity contribution < 1.29 is 13.2 Å². The lowest BCUT2D eigenvalue weighted by molar-refractivity contribution is -0.125. The van der Waals surface area contributed by atoms with Gasteiger partial charge in [-0.2, -0.15) is 13.2 Å². The molecule has 2 rings (SSSR count). The van der Waals surface area contributed by atoms with Crippen LogP contribution in [0.4, 0.5) is 13.2 Å². The van der Waals surface area contributed by atoms with Crippen molar-refractivity contribution in [2.24, 2.45) is 0 Å². The highest BCUT2D eigenvalue weighted by Gasteiger charge is 2.37. The SMILES string of the molecule is CC(C)n1c(SC(C)C(F)(F)F)nc2ccccc2c1=O. The second-order valence-corrected chi connectivity index (χ2v) is 6.29. The molecule has 0 fully saturated rings. The first-order chi connectivity index (χ1) is 9.71. The van der Waals surface area contributed by atoms with Gasteiger partial charge in [0.15, 0.2) is 5.16 Å². The zero-order chi connectivity index (χ0) is 15.8. The summed E-state index contributed by atoms with van der Waals surface area (Å²) in [7, 11) is 0. The molecule has 2 aromatic rings. The van der Waals surface area contributed by atoms with Crippen molar-refractivity contribution in [3.63, 3.8) is 0 Å². The Bertz CT molecular complexity index is 709. The van der Waals surface area contributed by atoms with E-state index in [1.165, 1.54) is 4.57 Å². The Balaban J connectivity index is 2.62. The van der Waals surface area contributed by atoms with E-state index in [4.69, 9.17) is 0 Å². The molecule has 21 heavy (non-hydrogen) atoms. The maximum Gasteiger partial charge on any atom is 0.400 e. The first kappa shape index (κ1) is 15.9. The molecule has 0 N–H and O–H groups in total. The molecule has 7 heteroatoms. The maximum atomic E-state index is 12.7. The van der Waals surface area contributed by atoms with E-state index in [2.05, 4.69) is 4.98 Å². The van der Waals surface area contributed by atoms with Crippen LogP contribution < -0.4 is 5.56 Å². The summed E-state index contributed by atoms with van der Waals surface area (Å²) in [6.07, 6.45) is -4.34. The Morgan fingerprint density at radius 2 is 1.81 bits per heavy atom. The molecule has 0 spiro atoms. The minimum absolute atomic E-state index is 0.0959. The van der Waals surface area contributed by atoms with Crippen LogP contribution >= 0.6 is 11.8 Å². The molecule has 0 saturated carbocycles. The summed E-state index contributed by atoms with van der Waals surface area (Å²) in [5, 5.41) is -1.12. The number of aromatic nitrogens is 2. The van der Waals surface area contributed by atoms with Gasteiger partial charge in [-0.25, -0.2) is 4.98 Å². The van der Waals surface area contributed by atoms with E-state index in [0.717, 1.165) is 6.92 Å². The molecule has 0 bridgehead atoms. The lowest BCUT2D eigenvalue weighted by Crippen LogP contribution is -2.28. The predicted molar refractivity (Wildman–Crippen MR) is 77.8 cm³/mol. The summed E-state index contributed by atoms with van der Waals surface area (Å²) in [5.41, 5.74) is 0.101. The average molecular weight is 316 g/mol. The second kappa shape index (κ2) is 5.71. The van der Waals surface area contributed by atoms with Gasteiger partial charge in [0.05, 0.1) is 10.9 Å². The van der Waals surface area contributed by atoms with Gasteiger partial charge in [0, 0.05) is 6.04 Å². The third-order valence-electron chi connectivity index (χ3n) is 3.03. The van der Waals surface area contributed by atoms with Crippen LogP contribution in [0.5, 0.6) is 0 Å². The molecule has 3 nitrogen and oxygen atoms in total. The Morgan fingerprint density at radius 3 is 2.38 bits per heavy atom.